The number of fused-ring (bicyclic) bond motifs is 6. The Hall–Kier alpha value is -7.90. The highest BCUT2D eigenvalue weighted by molar-refractivity contribution is 6.12. The van der Waals surface area contributed by atoms with E-state index in [1.54, 1.807) is 0 Å². The molecule has 0 aliphatic rings. The van der Waals surface area contributed by atoms with Crippen LogP contribution < -0.4 is 0 Å². The Morgan fingerprint density at radius 2 is 1.02 bits per heavy atom. The fraction of sp³-hybridized carbons (Fsp3) is 0.0213. The molecule has 7 aromatic carbocycles. The van der Waals surface area contributed by atoms with Crippen LogP contribution in [0.3, 0.4) is 0 Å². The van der Waals surface area contributed by atoms with E-state index in [0.717, 1.165) is 82.8 Å². The molecule has 0 unspecified atom stereocenters. The molecule has 0 atom stereocenters. The number of rotatable bonds is 4. The van der Waals surface area contributed by atoms with Gasteiger partial charge in [-0.15, -0.1) is 0 Å². The van der Waals surface area contributed by atoms with Gasteiger partial charge in [-0.25, -0.2) is 9.69 Å². The summed E-state index contributed by atoms with van der Waals surface area (Å²) in [4.78, 5) is 7.62. The predicted octanol–water partition coefficient (Wildman–Crippen LogP) is 12.4. The van der Waals surface area contributed by atoms with E-state index in [2.05, 4.69) is 73.4 Å². The summed E-state index contributed by atoms with van der Waals surface area (Å²) in [6, 6.07) is 50.6. The third-order valence-corrected chi connectivity index (χ3v) is 10.1. The summed E-state index contributed by atoms with van der Waals surface area (Å²) < 4.78 is 4.49. The number of aryl methyl sites for hydroxylation is 1. The number of aromatic nitrogens is 2. The van der Waals surface area contributed by atoms with Crippen LogP contribution in [0.15, 0.2) is 140 Å². The van der Waals surface area contributed by atoms with Gasteiger partial charge in [-0.05, 0) is 107 Å². The number of benzene rings is 7. The Balaban J connectivity index is 1.42. The zero-order chi connectivity index (χ0) is 36.2. The smallest absolute Gasteiger partial charge is 0.188 e. The summed E-state index contributed by atoms with van der Waals surface area (Å²) in [5, 5.41) is 23.4. The second kappa shape index (κ2) is 12.2. The molecule has 0 radical (unpaired) electrons. The Kier molecular flexibility index (Phi) is 7.13. The van der Waals surface area contributed by atoms with Crippen molar-refractivity contribution in [2.75, 3.05) is 0 Å². The summed E-state index contributed by atoms with van der Waals surface area (Å²) >= 11 is 0. The van der Waals surface area contributed by atoms with Crippen LogP contribution in [0.25, 0.3) is 86.9 Å². The van der Waals surface area contributed by atoms with Crippen LogP contribution in [0.5, 0.6) is 0 Å². The summed E-state index contributed by atoms with van der Waals surface area (Å²) in [7, 11) is 0. The van der Waals surface area contributed by atoms with Crippen LogP contribution in [-0.2, 0) is 0 Å². The lowest BCUT2D eigenvalue weighted by Gasteiger charge is -2.20. The molecule has 0 aliphatic carbocycles. The van der Waals surface area contributed by atoms with Gasteiger partial charge in [0.25, 0.3) is 0 Å². The van der Waals surface area contributed by atoms with E-state index in [9.17, 15) is 10.5 Å². The van der Waals surface area contributed by atoms with E-state index in [-0.39, 0.29) is 0 Å². The molecule has 0 saturated carbocycles. The van der Waals surface area contributed by atoms with Gasteiger partial charge in [0.05, 0.1) is 69.9 Å². The van der Waals surface area contributed by atoms with Crippen molar-refractivity contribution in [2.45, 2.75) is 6.92 Å². The quantitative estimate of drug-likeness (QED) is 0.174. The van der Waals surface area contributed by atoms with E-state index in [0.29, 0.717) is 22.5 Å². The molecule has 0 saturated heterocycles. The monoisotopic (exact) mass is 674 g/mol. The first-order chi connectivity index (χ1) is 26.0. The molecule has 6 heteroatoms. The molecule has 0 N–H and O–H groups in total. The van der Waals surface area contributed by atoms with Crippen LogP contribution in [-0.4, -0.2) is 9.13 Å². The molecule has 0 fully saturated rings. The number of nitriles is 2. The van der Waals surface area contributed by atoms with Gasteiger partial charge in [0.1, 0.15) is 0 Å². The third-order valence-electron chi connectivity index (χ3n) is 10.1. The van der Waals surface area contributed by atoms with E-state index < -0.39 is 0 Å². The minimum Gasteiger partial charge on any atom is -0.309 e. The number of hydrogen-bond donors (Lipinski definition) is 0. The van der Waals surface area contributed by atoms with Gasteiger partial charge >= 0.3 is 0 Å². The van der Waals surface area contributed by atoms with Crippen LogP contribution in [0.2, 0.25) is 0 Å². The fourth-order valence-electron chi connectivity index (χ4n) is 7.77. The highest BCUT2D eigenvalue weighted by Gasteiger charge is 2.22. The number of para-hydroxylation sites is 2. The highest BCUT2D eigenvalue weighted by Crippen LogP contribution is 2.44. The molecule has 0 spiro atoms. The molecule has 2 aromatic heterocycles. The first-order valence-corrected chi connectivity index (χ1v) is 17.0. The van der Waals surface area contributed by atoms with Crippen LogP contribution >= 0.6 is 0 Å². The van der Waals surface area contributed by atoms with Gasteiger partial charge in [0.2, 0.25) is 0 Å². The van der Waals surface area contributed by atoms with Crippen LogP contribution in [0.1, 0.15) is 16.7 Å². The lowest BCUT2D eigenvalue weighted by Crippen LogP contribution is -2.02. The third kappa shape index (κ3) is 4.84. The second-order valence-electron chi connectivity index (χ2n) is 13.0. The molecular weight excluding hydrogens is 649 g/mol. The number of hydrogen-bond acceptors (Lipinski definition) is 2. The standard InChI is InChI=1S/C47H26N6/c1-29-22-30(27-48)12-17-35(29)32-14-18-38(47(24-32)53-43-11-7-5-9-37(43)40-25-33(50-2)16-21-46(40)53)41-26-34(51-3)15-20-45(41)52-42-10-6-4-8-36(42)39-23-31(28-49)13-19-44(39)52/h4-26H,1H3. The summed E-state index contributed by atoms with van der Waals surface area (Å²) in [5.74, 6) is 0. The maximum absolute atomic E-state index is 9.78. The van der Waals surface area contributed by atoms with Crippen LogP contribution in [0, 0.1) is 42.7 Å². The van der Waals surface area contributed by atoms with Gasteiger partial charge in [-0.2, -0.15) is 10.5 Å². The van der Waals surface area contributed by atoms with Crippen molar-refractivity contribution < 1.29 is 0 Å². The molecule has 0 bridgehead atoms. The van der Waals surface area contributed by atoms with Gasteiger partial charge in [0, 0.05) is 21.7 Å². The van der Waals surface area contributed by atoms with Crippen molar-refractivity contribution in [3.63, 3.8) is 0 Å². The molecule has 53 heavy (non-hydrogen) atoms. The first kappa shape index (κ1) is 31.1. The highest BCUT2D eigenvalue weighted by atomic mass is 15.0. The maximum Gasteiger partial charge on any atom is 0.188 e. The average Bonchev–Trinajstić information content (AvgIpc) is 3.72. The SMILES string of the molecule is [C-]#[N+]c1ccc(-n2c3ccccc3c3cc(C#N)ccc32)c(-c2ccc(-c3ccc(C#N)cc3C)cc2-n2c3ccccc3c3cc([N+]#[C-])ccc32)c1. The molecule has 244 valence electrons. The zero-order valence-electron chi connectivity index (χ0n) is 28.5. The number of nitrogens with zero attached hydrogens (tertiary/aromatic N) is 6. The molecule has 0 aliphatic heterocycles. The fourth-order valence-corrected chi connectivity index (χ4v) is 7.77. The predicted molar refractivity (Wildman–Crippen MR) is 213 cm³/mol. The van der Waals surface area contributed by atoms with Crippen molar-refractivity contribution in [3.8, 4) is 45.8 Å². The summed E-state index contributed by atoms with van der Waals surface area (Å²) in [6.07, 6.45) is 0. The lowest BCUT2D eigenvalue weighted by molar-refractivity contribution is 1.16. The first-order valence-electron chi connectivity index (χ1n) is 17.0. The van der Waals surface area contributed by atoms with Gasteiger partial charge in [-0.1, -0.05) is 66.7 Å². The average molecular weight is 675 g/mol. The molecule has 6 nitrogen and oxygen atoms in total. The molecule has 9 rings (SSSR count). The lowest BCUT2D eigenvalue weighted by atomic mass is 9.93. The normalized spacial score (nSPS) is 11.0. The Morgan fingerprint density at radius 1 is 0.472 bits per heavy atom. The maximum atomic E-state index is 9.78. The molecule has 9 aromatic rings. The molecule has 2 heterocycles. The van der Waals surface area contributed by atoms with Gasteiger partial charge < -0.3 is 9.13 Å². The van der Waals surface area contributed by atoms with Crippen molar-refractivity contribution >= 4 is 55.0 Å². The van der Waals surface area contributed by atoms with E-state index >= 15 is 0 Å². The van der Waals surface area contributed by atoms with E-state index in [4.69, 9.17) is 13.1 Å². The Bertz CT molecular complexity index is 3180. The van der Waals surface area contributed by atoms with Crippen molar-refractivity contribution in [1.82, 2.24) is 9.13 Å². The van der Waals surface area contributed by atoms with Crippen molar-refractivity contribution in [2.24, 2.45) is 0 Å². The minimum absolute atomic E-state index is 0.512. The van der Waals surface area contributed by atoms with Crippen molar-refractivity contribution in [3.05, 3.63) is 179 Å². The summed E-state index contributed by atoms with van der Waals surface area (Å²) in [6.45, 7) is 17.8. The van der Waals surface area contributed by atoms with Gasteiger partial charge in [0.15, 0.2) is 11.4 Å². The van der Waals surface area contributed by atoms with E-state index in [1.165, 1.54) is 0 Å². The van der Waals surface area contributed by atoms with Crippen LogP contribution in [0.4, 0.5) is 11.4 Å². The molecular formula is C47H26N6. The zero-order valence-corrected chi connectivity index (χ0v) is 28.5. The largest absolute Gasteiger partial charge is 0.309 e. The molecule has 0 amide bonds. The van der Waals surface area contributed by atoms with Gasteiger partial charge in [-0.3, -0.25) is 0 Å². The second-order valence-corrected chi connectivity index (χ2v) is 13.0. The summed E-state index contributed by atoms with van der Waals surface area (Å²) in [5.41, 5.74) is 12.7. The van der Waals surface area contributed by atoms with Crippen molar-refractivity contribution in [1.29, 1.82) is 10.5 Å². The minimum atomic E-state index is 0.512. The topological polar surface area (TPSA) is 66.2 Å². The Labute approximate surface area is 305 Å². The van der Waals surface area contributed by atoms with E-state index in [1.807, 2.05) is 104 Å². The Morgan fingerprint density at radius 3 is 1.70 bits per heavy atom.